The van der Waals surface area contributed by atoms with Gasteiger partial charge in [0.05, 0.1) is 5.92 Å². The largest absolute Gasteiger partial charge is 0.460 e. The van der Waals surface area contributed by atoms with E-state index in [1.54, 1.807) is 6.08 Å². The van der Waals surface area contributed by atoms with Gasteiger partial charge in [0, 0.05) is 12.6 Å². The monoisotopic (exact) mass is 389 g/mol. The molecule has 1 fully saturated rings. The Morgan fingerprint density at radius 1 is 1.07 bits per heavy atom. The molecule has 2 heterocycles. The van der Waals surface area contributed by atoms with E-state index >= 15 is 0 Å². The Morgan fingerprint density at radius 3 is 2.31 bits per heavy atom. The molecule has 2 aromatic rings. The summed E-state index contributed by atoms with van der Waals surface area (Å²) >= 11 is 0. The van der Waals surface area contributed by atoms with E-state index in [9.17, 15) is 9.59 Å². The van der Waals surface area contributed by atoms with Crippen LogP contribution in [0, 0.1) is 5.92 Å². The first kappa shape index (κ1) is 19.6. The van der Waals surface area contributed by atoms with E-state index < -0.39 is 11.1 Å². The molecule has 0 unspecified atom stereocenters. The van der Waals surface area contributed by atoms with Crippen molar-refractivity contribution in [2.24, 2.45) is 5.92 Å². The number of carbonyl (C=O) groups excluding carboxylic acids is 2. The molecule has 0 saturated carbocycles. The molecular weight excluding hydrogens is 362 g/mol. The summed E-state index contributed by atoms with van der Waals surface area (Å²) in [7, 11) is 0. The molecule has 0 amide bonds. The Labute approximate surface area is 172 Å². The van der Waals surface area contributed by atoms with E-state index in [1.165, 1.54) is 0 Å². The van der Waals surface area contributed by atoms with Crippen LogP contribution in [0.1, 0.15) is 38.3 Å². The summed E-state index contributed by atoms with van der Waals surface area (Å²) in [5.74, 6) is -0.597. The maximum atomic E-state index is 13.3. The minimum atomic E-state index is -0.849. The van der Waals surface area contributed by atoms with Crippen molar-refractivity contribution in [2.75, 3.05) is 0 Å². The number of carbonyl (C=O) groups is 2. The van der Waals surface area contributed by atoms with Gasteiger partial charge in [-0.2, -0.15) is 0 Å². The Balaban J connectivity index is 1.79. The second kappa shape index (κ2) is 7.27. The Bertz CT molecular complexity index is 930. The molecule has 4 rings (SSSR count). The van der Waals surface area contributed by atoms with Crippen molar-refractivity contribution < 1.29 is 14.3 Å². The summed E-state index contributed by atoms with van der Waals surface area (Å²) in [6.45, 7) is 6.22. The average molecular weight is 389 g/mol. The van der Waals surface area contributed by atoms with E-state index in [0.717, 1.165) is 11.1 Å². The summed E-state index contributed by atoms with van der Waals surface area (Å²) in [5, 5.41) is 0. The molecule has 2 aliphatic rings. The quantitative estimate of drug-likeness (QED) is 0.734. The molecule has 29 heavy (non-hydrogen) atoms. The fourth-order valence-electron chi connectivity index (χ4n) is 4.59. The van der Waals surface area contributed by atoms with E-state index in [1.807, 2.05) is 75.4 Å². The Kier molecular flexibility index (Phi) is 4.91. The van der Waals surface area contributed by atoms with Gasteiger partial charge >= 0.3 is 5.97 Å². The molecule has 1 saturated heterocycles. The lowest BCUT2D eigenvalue weighted by molar-refractivity contribution is -0.160. The average Bonchev–Trinajstić information content (AvgIpc) is 2.92. The maximum Gasteiger partial charge on any atom is 0.311 e. The minimum Gasteiger partial charge on any atom is -0.460 e. The molecule has 3 atom stereocenters. The van der Waals surface area contributed by atoms with Crippen LogP contribution >= 0.6 is 0 Å². The van der Waals surface area contributed by atoms with Gasteiger partial charge in [0.2, 0.25) is 0 Å². The van der Waals surface area contributed by atoms with Crippen LogP contribution in [0.3, 0.4) is 0 Å². The number of ketones is 1. The van der Waals surface area contributed by atoms with Crippen LogP contribution in [0.2, 0.25) is 0 Å². The van der Waals surface area contributed by atoms with E-state index in [2.05, 4.69) is 17.0 Å². The van der Waals surface area contributed by atoms with Gasteiger partial charge in [-0.15, -0.1) is 0 Å². The lowest BCUT2D eigenvalue weighted by Crippen LogP contribution is -2.51. The first-order chi connectivity index (χ1) is 13.8. The smallest absolute Gasteiger partial charge is 0.311 e. The van der Waals surface area contributed by atoms with Gasteiger partial charge in [-0.05, 0) is 44.4 Å². The molecule has 2 bridgehead atoms. The molecule has 2 aliphatic heterocycles. The molecule has 0 spiro atoms. The van der Waals surface area contributed by atoms with Gasteiger partial charge in [0.25, 0.3) is 0 Å². The predicted molar refractivity (Wildman–Crippen MR) is 112 cm³/mol. The SMILES string of the molecule is CC(C)(C)OC(=O)[C@@H]1C[C@@]2(c3ccccc3)C(=O)C=C[C@@H]1N2Cc1ccccc1. The number of ether oxygens (including phenoxy) is 1. The van der Waals surface area contributed by atoms with Gasteiger partial charge in [-0.25, -0.2) is 0 Å². The summed E-state index contributed by atoms with van der Waals surface area (Å²) in [5.41, 5.74) is 0.635. The zero-order valence-corrected chi connectivity index (χ0v) is 17.2. The molecular formula is C25H27NO3. The van der Waals surface area contributed by atoms with Crippen LogP contribution in [0.5, 0.6) is 0 Å². The standard InChI is InChI=1S/C25H27NO3/c1-24(2,3)29-23(28)20-16-25(19-12-8-5-9-13-19)22(27)15-14-21(20)26(25)17-18-10-6-4-7-11-18/h4-15,20-21H,16-17H2,1-3H3/t20-,21+,25-/m1/s1. The highest BCUT2D eigenvalue weighted by Gasteiger charge is 2.59. The van der Waals surface area contributed by atoms with E-state index in [-0.39, 0.29) is 23.7 Å². The molecule has 150 valence electrons. The highest BCUT2D eigenvalue weighted by Crippen LogP contribution is 2.50. The Morgan fingerprint density at radius 2 is 1.69 bits per heavy atom. The summed E-state index contributed by atoms with van der Waals surface area (Å²) in [4.78, 5) is 28.6. The van der Waals surface area contributed by atoms with Crippen LogP contribution in [0.15, 0.2) is 72.8 Å². The van der Waals surface area contributed by atoms with Crippen molar-refractivity contribution in [3.63, 3.8) is 0 Å². The van der Waals surface area contributed by atoms with Crippen LogP contribution in [-0.2, 0) is 26.4 Å². The number of rotatable bonds is 4. The van der Waals surface area contributed by atoms with Crippen LogP contribution in [0.25, 0.3) is 0 Å². The summed E-state index contributed by atoms with van der Waals surface area (Å²) in [6, 6.07) is 19.7. The molecule has 0 N–H and O–H groups in total. The third kappa shape index (κ3) is 3.53. The van der Waals surface area contributed by atoms with Gasteiger partial charge < -0.3 is 4.74 Å². The zero-order valence-electron chi connectivity index (χ0n) is 17.2. The molecule has 4 heteroatoms. The van der Waals surface area contributed by atoms with E-state index in [4.69, 9.17) is 4.74 Å². The van der Waals surface area contributed by atoms with Crippen LogP contribution in [-0.4, -0.2) is 28.3 Å². The Hall–Kier alpha value is -2.72. The molecule has 0 aromatic heterocycles. The zero-order chi connectivity index (χ0) is 20.6. The highest BCUT2D eigenvalue weighted by molar-refractivity contribution is 6.01. The van der Waals surface area contributed by atoms with Gasteiger partial charge in [0.15, 0.2) is 5.78 Å². The second-order valence-electron chi connectivity index (χ2n) is 8.90. The molecule has 0 radical (unpaired) electrons. The minimum absolute atomic E-state index is 0.0296. The number of fused-ring (bicyclic) bond motifs is 2. The summed E-state index contributed by atoms with van der Waals surface area (Å²) in [6.07, 6.45) is 3.97. The topological polar surface area (TPSA) is 46.6 Å². The van der Waals surface area contributed by atoms with Gasteiger partial charge in [-0.3, -0.25) is 14.5 Å². The predicted octanol–water partition coefficient (Wildman–Crippen LogP) is 4.25. The lowest BCUT2D eigenvalue weighted by Gasteiger charge is -2.41. The number of benzene rings is 2. The van der Waals surface area contributed by atoms with Gasteiger partial charge in [-0.1, -0.05) is 66.7 Å². The third-order valence-corrected chi connectivity index (χ3v) is 5.79. The molecule has 0 aliphatic carbocycles. The first-order valence-electron chi connectivity index (χ1n) is 10.1. The number of nitrogens with zero attached hydrogens (tertiary/aromatic N) is 1. The van der Waals surface area contributed by atoms with Gasteiger partial charge in [0.1, 0.15) is 11.1 Å². The molecule has 4 nitrogen and oxygen atoms in total. The van der Waals surface area contributed by atoms with E-state index in [0.29, 0.717) is 13.0 Å². The maximum absolute atomic E-state index is 13.3. The van der Waals surface area contributed by atoms with Crippen molar-refractivity contribution in [1.29, 1.82) is 0 Å². The molecule has 2 aromatic carbocycles. The van der Waals surface area contributed by atoms with Crippen molar-refractivity contribution in [2.45, 2.75) is 50.9 Å². The number of hydrogen-bond donors (Lipinski definition) is 0. The fourth-order valence-corrected chi connectivity index (χ4v) is 4.59. The second-order valence-corrected chi connectivity index (χ2v) is 8.90. The van der Waals surface area contributed by atoms with Crippen molar-refractivity contribution in [3.8, 4) is 0 Å². The normalized spacial score (nSPS) is 26.5. The lowest BCUT2D eigenvalue weighted by atomic mass is 9.81. The summed E-state index contributed by atoms with van der Waals surface area (Å²) < 4.78 is 5.73. The van der Waals surface area contributed by atoms with Crippen LogP contribution < -0.4 is 0 Å². The third-order valence-electron chi connectivity index (χ3n) is 5.79. The fraction of sp³-hybridized carbons (Fsp3) is 0.360. The van der Waals surface area contributed by atoms with Crippen molar-refractivity contribution in [1.82, 2.24) is 4.90 Å². The number of hydrogen-bond acceptors (Lipinski definition) is 4. The first-order valence-corrected chi connectivity index (χ1v) is 10.1. The van der Waals surface area contributed by atoms with Crippen LogP contribution in [0.4, 0.5) is 0 Å². The highest BCUT2D eigenvalue weighted by atomic mass is 16.6. The number of esters is 1. The van der Waals surface area contributed by atoms with Crippen molar-refractivity contribution in [3.05, 3.63) is 83.9 Å². The van der Waals surface area contributed by atoms with Crippen molar-refractivity contribution >= 4 is 11.8 Å².